The van der Waals surface area contributed by atoms with Gasteiger partial charge in [0.15, 0.2) is 5.60 Å². The number of para-hydroxylation sites is 1. The Morgan fingerprint density at radius 3 is 2.36 bits per heavy atom. The number of aliphatic hydroxyl groups excluding tert-OH is 1. The van der Waals surface area contributed by atoms with E-state index < -0.39 is 19.8 Å². The first-order valence-corrected chi connectivity index (χ1v) is 23.0. The molecule has 10 nitrogen and oxygen atoms in total. The van der Waals surface area contributed by atoms with E-state index in [-0.39, 0.29) is 54.8 Å². The van der Waals surface area contributed by atoms with Crippen LogP contribution >= 0.6 is 0 Å². The van der Waals surface area contributed by atoms with Crippen LogP contribution in [0.5, 0.6) is 5.75 Å². The van der Waals surface area contributed by atoms with Crippen LogP contribution in [0.4, 0.5) is 17.1 Å². The Balaban J connectivity index is 1.13. The highest BCUT2D eigenvalue weighted by Crippen LogP contribution is 2.60. The van der Waals surface area contributed by atoms with Gasteiger partial charge < -0.3 is 35.4 Å². The first-order chi connectivity index (χ1) is 27.9. The third-order valence-electron chi connectivity index (χ3n) is 12.7. The van der Waals surface area contributed by atoms with Gasteiger partial charge in [-0.1, -0.05) is 91.9 Å². The van der Waals surface area contributed by atoms with Gasteiger partial charge in [-0.25, -0.2) is 0 Å². The molecule has 3 aliphatic rings. The number of fused-ring (bicyclic) bond motifs is 3. The SMILES string of the molecule is COc1ccc([Si](C)(C)[C@H]2[C@H](CC(=O)N3Cc4ccccc4C[C@H]3CO)O[C@@]3(C(=O)N(Cc4cccc(NC(=O)c5ccc(N)cc5)c4)c4ccccc43)[C@@H]2C)cc1. The number of nitrogens with zero attached hydrogens (tertiary/aromatic N) is 2. The molecule has 0 bridgehead atoms. The second-order valence-corrected chi connectivity index (χ2v) is 21.1. The summed E-state index contributed by atoms with van der Waals surface area (Å²) >= 11 is 0. The van der Waals surface area contributed by atoms with Gasteiger partial charge in [0.05, 0.1) is 52.6 Å². The summed E-state index contributed by atoms with van der Waals surface area (Å²) in [5.74, 6) is -0.0645. The van der Waals surface area contributed by atoms with Crippen LogP contribution < -0.4 is 25.9 Å². The van der Waals surface area contributed by atoms with Gasteiger partial charge in [-0.3, -0.25) is 14.4 Å². The lowest BCUT2D eigenvalue weighted by molar-refractivity contribution is -0.151. The number of ether oxygens (including phenoxy) is 2. The highest BCUT2D eigenvalue weighted by Gasteiger charge is 2.66. The zero-order chi connectivity index (χ0) is 40.8. The summed E-state index contributed by atoms with van der Waals surface area (Å²) in [6.45, 7) is 7.24. The van der Waals surface area contributed by atoms with Gasteiger partial charge in [-0.05, 0) is 83.2 Å². The van der Waals surface area contributed by atoms with Crippen LogP contribution in [0, 0.1) is 5.92 Å². The minimum Gasteiger partial charge on any atom is -0.497 e. The Bertz CT molecular complexity index is 2350. The molecule has 3 aliphatic heterocycles. The third-order valence-corrected chi connectivity index (χ3v) is 17.1. The van der Waals surface area contributed by atoms with Gasteiger partial charge >= 0.3 is 0 Å². The average Bonchev–Trinajstić information content (AvgIpc) is 3.66. The number of rotatable bonds is 10. The van der Waals surface area contributed by atoms with Crippen molar-refractivity contribution in [3.8, 4) is 5.75 Å². The fraction of sp³-hybridized carbons (Fsp3) is 0.298. The standard InChI is InChI=1S/C47H50N4O6Si/c1-30-44(58(3,4)39-22-20-38(56-2)21-23-39)42(26-43(53)50-28-34-12-6-5-11-33(34)25-37(50)29-52)57-47(30)40-14-7-8-15-41(40)51(46(47)55)27-31-10-9-13-36(24-31)49-45(54)32-16-18-35(48)19-17-32/h5-24,30,37,42,44,52H,25-29,48H2,1-4H3,(H,49,54)/t30-,37+,42+,44-,47+/m1/s1. The summed E-state index contributed by atoms with van der Waals surface area (Å²) in [6, 6.07) is 38.0. The number of anilines is 3. The average molecular weight is 795 g/mol. The molecule has 4 N–H and O–H groups in total. The maximum absolute atomic E-state index is 15.3. The fourth-order valence-corrected chi connectivity index (χ4v) is 13.7. The van der Waals surface area contributed by atoms with E-state index in [1.807, 2.05) is 78.9 Å². The monoisotopic (exact) mass is 794 g/mol. The summed E-state index contributed by atoms with van der Waals surface area (Å²) in [7, 11) is -0.871. The molecule has 8 rings (SSSR count). The summed E-state index contributed by atoms with van der Waals surface area (Å²) in [6.07, 6.45) is 0.0757. The van der Waals surface area contributed by atoms with E-state index in [0.29, 0.717) is 29.9 Å². The molecular weight excluding hydrogens is 745 g/mol. The second-order valence-electron chi connectivity index (χ2n) is 16.4. The summed E-state index contributed by atoms with van der Waals surface area (Å²) in [4.78, 5) is 46.6. The lowest BCUT2D eigenvalue weighted by Crippen LogP contribution is -2.52. The van der Waals surface area contributed by atoms with E-state index in [4.69, 9.17) is 15.2 Å². The molecule has 3 amide bonds. The highest BCUT2D eigenvalue weighted by molar-refractivity contribution is 6.91. The minimum absolute atomic E-state index is 0.0766. The van der Waals surface area contributed by atoms with Crippen LogP contribution in [-0.2, 0) is 39.4 Å². The molecule has 1 saturated heterocycles. The van der Waals surface area contributed by atoms with Gasteiger partial charge in [0.2, 0.25) is 5.91 Å². The van der Waals surface area contributed by atoms with Crippen LogP contribution in [0.25, 0.3) is 0 Å². The molecule has 5 atom stereocenters. The zero-order valence-electron chi connectivity index (χ0n) is 33.4. The van der Waals surface area contributed by atoms with Gasteiger partial charge in [0, 0.05) is 35.0 Å². The van der Waals surface area contributed by atoms with Crippen LogP contribution in [-0.4, -0.2) is 61.7 Å². The number of hydrogen-bond donors (Lipinski definition) is 3. The van der Waals surface area contributed by atoms with Crippen molar-refractivity contribution in [1.29, 1.82) is 0 Å². The second kappa shape index (κ2) is 15.5. The van der Waals surface area contributed by atoms with Crippen molar-refractivity contribution in [2.24, 2.45) is 5.92 Å². The first kappa shape index (κ1) is 39.1. The maximum atomic E-state index is 15.3. The van der Waals surface area contributed by atoms with E-state index in [2.05, 4.69) is 43.5 Å². The summed E-state index contributed by atoms with van der Waals surface area (Å²) in [5, 5.41) is 14.6. The summed E-state index contributed by atoms with van der Waals surface area (Å²) in [5.41, 5.74) is 10.6. The van der Waals surface area contributed by atoms with Crippen molar-refractivity contribution in [2.45, 2.75) is 69.2 Å². The van der Waals surface area contributed by atoms with E-state index in [1.54, 1.807) is 41.2 Å². The quantitative estimate of drug-likeness (QED) is 0.107. The minimum atomic E-state index is -2.52. The number of carbonyl (C=O) groups excluding carboxylic acids is 3. The van der Waals surface area contributed by atoms with Crippen molar-refractivity contribution in [3.05, 3.63) is 149 Å². The Labute approximate surface area is 340 Å². The van der Waals surface area contributed by atoms with Gasteiger partial charge in [0.1, 0.15) is 5.75 Å². The molecule has 0 aromatic heterocycles. The molecule has 1 spiro atoms. The number of nitrogen functional groups attached to an aromatic ring is 1. The van der Waals surface area contributed by atoms with Crippen molar-refractivity contribution < 1.29 is 29.0 Å². The number of aliphatic hydroxyl groups is 1. The van der Waals surface area contributed by atoms with Gasteiger partial charge in [0.25, 0.3) is 11.8 Å². The van der Waals surface area contributed by atoms with Crippen LogP contribution in [0.15, 0.2) is 121 Å². The number of hydrogen-bond acceptors (Lipinski definition) is 7. The summed E-state index contributed by atoms with van der Waals surface area (Å²) < 4.78 is 12.8. The Kier molecular flexibility index (Phi) is 10.5. The Hall–Kier alpha value is -5.75. The number of methoxy groups -OCH3 is 1. The lowest BCUT2D eigenvalue weighted by atomic mass is 9.82. The molecule has 5 aromatic rings. The van der Waals surface area contributed by atoms with Crippen LogP contribution in [0.1, 0.15) is 46.0 Å². The van der Waals surface area contributed by atoms with Gasteiger partial charge in [-0.15, -0.1) is 0 Å². The van der Waals surface area contributed by atoms with Crippen LogP contribution in [0.3, 0.4) is 0 Å². The predicted octanol–water partition coefficient (Wildman–Crippen LogP) is 6.63. The first-order valence-electron chi connectivity index (χ1n) is 19.9. The topological polar surface area (TPSA) is 134 Å². The fourth-order valence-electron chi connectivity index (χ4n) is 9.72. The molecule has 58 heavy (non-hydrogen) atoms. The van der Waals surface area contributed by atoms with Crippen molar-refractivity contribution in [1.82, 2.24) is 4.90 Å². The molecule has 11 heteroatoms. The molecule has 0 unspecified atom stereocenters. The molecular formula is C47H50N4O6Si. The van der Waals surface area contributed by atoms with Crippen molar-refractivity contribution in [3.63, 3.8) is 0 Å². The van der Waals surface area contributed by atoms with Crippen LogP contribution in [0.2, 0.25) is 18.6 Å². The molecule has 0 saturated carbocycles. The third kappa shape index (κ3) is 6.86. The number of carbonyl (C=O) groups is 3. The molecule has 298 valence electrons. The normalized spacial score (nSPS) is 22.5. The van der Waals surface area contributed by atoms with Gasteiger partial charge in [-0.2, -0.15) is 0 Å². The zero-order valence-corrected chi connectivity index (χ0v) is 34.4. The molecule has 0 radical (unpaired) electrons. The number of nitrogens with one attached hydrogen (secondary N) is 1. The number of benzene rings is 5. The largest absolute Gasteiger partial charge is 0.497 e. The smallest absolute Gasteiger partial charge is 0.264 e. The van der Waals surface area contributed by atoms with E-state index >= 15 is 4.79 Å². The molecule has 1 fully saturated rings. The Morgan fingerprint density at radius 1 is 0.931 bits per heavy atom. The Morgan fingerprint density at radius 2 is 1.64 bits per heavy atom. The predicted molar refractivity (Wildman–Crippen MR) is 229 cm³/mol. The molecule has 5 aromatic carbocycles. The maximum Gasteiger partial charge on any atom is 0.264 e. The van der Waals surface area contributed by atoms with E-state index in [0.717, 1.165) is 33.7 Å². The van der Waals surface area contributed by atoms with Crippen molar-refractivity contribution >= 4 is 48.0 Å². The molecule has 3 heterocycles. The van der Waals surface area contributed by atoms with E-state index in [9.17, 15) is 14.7 Å². The van der Waals surface area contributed by atoms with E-state index in [1.165, 1.54) is 5.19 Å². The number of amides is 3. The highest BCUT2D eigenvalue weighted by atomic mass is 28.3. The lowest BCUT2D eigenvalue weighted by Gasteiger charge is -2.39. The molecule has 0 aliphatic carbocycles. The van der Waals surface area contributed by atoms with Crippen molar-refractivity contribution in [2.75, 3.05) is 29.7 Å². The number of nitrogens with two attached hydrogens (primary N) is 1.